The van der Waals surface area contributed by atoms with E-state index in [4.69, 9.17) is 4.74 Å². The maximum Gasteiger partial charge on any atom is 0.307 e. The second kappa shape index (κ2) is 4.57. The molecule has 4 rings (SSSR count). The lowest BCUT2D eigenvalue weighted by Crippen LogP contribution is -2.60. The van der Waals surface area contributed by atoms with Gasteiger partial charge in [0.05, 0.1) is 5.92 Å². The van der Waals surface area contributed by atoms with Crippen LogP contribution in [0.3, 0.4) is 0 Å². The summed E-state index contributed by atoms with van der Waals surface area (Å²) in [5.74, 6) is -1.15. The average Bonchev–Trinajstić information content (AvgIpc) is 2.93. The minimum atomic E-state index is -0.742. The predicted molar refractivity (Wildman–Crippen MR) is 82.9 cm³/mol. The smallest absolute Gasteiger partial charge is 0.307 e. The van der Waals surface area contributed by atoms with Crippen molar-refractivity contribution in [3.8, 4) is 0 Å². The Hall–Kier alpha value is -1.85. The van der Waals surface area contributed by atoms with Gasteiger partial charge in [-0.3, -0.25) is 9.69 Å². The molecule has 22 heavy (non-hydrogen) atoms. The second-order valence-electron chi connectivity index (χ2n) is 6.53. The fourth-order valence-corrected chi connectivity index (χ4v) is 4.48. The SMILES string of the molecule is CO[C@]12CC(C(=O)O)CN(C)[C@@H]1Cc1c[nH]c3cccc2c13. The lowest BCUT2D eigenvalue weighted by molar-refractivity contribution is -0.160. The number of carboxylic acids is 1. The Balaban J connectivity index is 1.95. The molecule has 1 unspecified atom stereocenters. The van der Waals surface area contributed by atoms with E-state index in [1.54, 1.807) is 7.11 Å². The molecular formula is C17H20N2O3. The maximum atomic E-state index is 11.6. The van der Waals surface area contributed by atoms with Gasteiger partial charge >= 0.3 is 5.97 Å². The number of carbonyl (C=O) groups is 1. The fourth-order valence-electron chi connectivity index (χ4n) is 4.48. The van der Waals surface area contributed by atoms with Gasteiger partial charge in [0.2, 0.25) is 0 Å². The van der Waals surface area contributed by atoms with E-state index in [1.807, 2.05) is 13.1 Å². The van der Waals surface area contributed by atoms with Crippen LogP contribution in [0.1, 0.15) is 17.5 Å². The Morgan fingerprint density at radius 3 is 3.05 bits per heavy atom. The van der Waals surface area contributed by atoms with E-state index < -0.39 is 17.5 Å². The maximum absolute atomic E-state index is 11.6. The van der Waals surface area contributed by atoms with Crippen LogP contribution in [-0.4, -0.2) is 47.7 Å². The Morgan fingerprint density at radius 2 is 2.32 bits per heavy atom. The number of benzene rings is 1. The molecule has 1 aromatic carbocycles. The molecule has 1 aliphatic heterocycles. The summed E-state index contributed by atoms with van der Waals surface area (Å²) in [5, 5.41) is 10.7. The molecule has 0 radical (unpaired) electrons. The van der Waals surface area contributed by atoms with Gasteiger partial charge in [0.15, 0.2) is 0 Å². The van der Waals surface area contributed by atoms with Crippen LogP contribution in [0.4, 0.5) is 0 Å². The monoisotopic (exact) mass is 300 g/mol. The lowest BCUT2D eigenvalue weighted by atomic mass is 9.68. The number of methoxy groups -OCH3 is 1. The number of likely N-dealkylation sites (N-methyl/N-ethyl adjacent to an activating group) is 1. The summed E-state index contributed by atoms with van der Waals surface area (Å²) in [6, 6.07) is 6.34. The number of aromatic amines is 1. The molecule has 0 spiro atoms. The molecule has 2 aromatic rings. The van der Waals surface area contributed by atoms with Gasteiger partial charge in [-0.25, -0.2) is 0 Å². The van der Waals surface area contributed by atoms with Crippen molar-refractivity contribution >= 4 is 16.9 Å². The highest BCUT2D eigenvalue weighted by atomic mass is 16.5. The highest BCUT2D eigenvalue weighted by Gasteiger charge is 2.52. The number of piperidine rings is 1. The topological polar surface area (TPSA) is 65.6 Å². The average molecular weight is 300 g/mol. The molecule has 1 fully saturated rings. The Bertz CT molecular complexity index is 753. The van der Waals surface area contributed by atoms with Crippen molar-refractivity contribution in [3.63, 3.8) is 0 Å². The zero-order valence-corrected chi connectivity index (χ0v) is 12.8. The normalized spacial score (nSPS) is 31.2. The first kappa shape index (κ1) is 13.8. The molecule has 0 saturated carbocycles. The standard InChI is InChI=1S/C17H20N2O3/c1-19-9-11(16(20)21)7-17(22-2)12-4-3-5-13-15(12)10(8-18-13)6-14(17)19/h3-5,8,11,14,18H,6-7,9H2,1-2H3,(H,20,21)/t11?,14-,17+/m1/s1. The van der Waals surface area contributed by atoms with E-state index in [1.165, 1.54) is 10.9 Å². The van der Waals surface area contributed by atoms with Gasteiger partial charge in [0, 0.05) is 36.8 Å². The Kier molecular flexibility index (Phi) is 2.86. The zero-order chi connectivity index (χ0) is 15.5. The minimum absolute atomic E-state index is 0.169. The quantitative estimate of drug-likeness (QED) is 0.890. The van der Waals surface area contributed by atoms with Gasteiger partial charge in [-0.1, -0.05) is 12.1 Å². The third kappa shape index (κ3) is 1.63. The van der Waals surface area contributed by atoms with Gasteiger partial charge in [-0.2, -0.15) is 0 Å². The van der Waals surface area contributed by atoms with Crippen LogP contribution >= 0.6 is 0 Å². The summed E-state index contributed by atoms with van der Waals surface area (Å²) in [6.07, 6.45) is 3.48. The number of hydrogen-bond donors (Lipinski definition) is 2. The molecular weight excluding hydrogens is 280 g/mol. The highest BCUT2D eigenvalue weighted by Crippen LogP contribution is 2.49. The van der Waals surface area contributed by atoms with Crippen LogP contribution in [-0.2, 0) is 21.6 Å². The van der Waals surface area contributed by atoms with Crippen molar-refractivity contribution in [1.82, 2.24) is 9.88 Å². The highest BCUT2D eigenvalue weighted by molar-refractivity contribution is 5.89. The number of rotatable bonds is 2. The van der Waals surface area contributed by atoms with Crippen molar-refractivity contribution in [2.24, 2.45) is 5.92 Å². The van der Waals surface area contributed by atoms with E-state index in [-0.39, 0.29) is 6.04 Å². The third-order valence-corrected chi connectivity index (χ3v) is 5.50. The van der Waals surface area contributed by atoms with Gasteiger partial charge in [-0.15, -0.1) is 0 Å². The first-order valence-electron chi connectivity index (χ1n) is 7.64. The molecule has 5 nitrogen and oxygen atoms in total. The molecule has 2 N–H and O–H groups in total. The molecule has 0 bridgehead atoms. The van der Waals surface area contributed by atoms with Crippen molar-refractivity contribution in [2.45, 2.75) is 24.5 Å². The second-order valence-corrected chi connectivity index (χ2v) is 6.53. The number of H-pyrrole nitrogens is 1. The number of hydrogen-bond acceptors (Lipinski definition) is 3. The molecule has 0 amide bonds. The predicted octanol–water partition coefficient (Wildman–Crippen LogP) is 1.97. The summed E-state index contributed by atoms with van der Waals surface area (Å²) in [5.41, 5.74) is 2.97. The van der Waals surface area contributed by atoms with E-state index in [9.17, 15) is 9.90 Å². The van der Waals surface area contributed by atoms with Gasteiger partial charge in [-0.05, 0) is 37.1 Å². The van der Waals surface area contributed by atoms with E-state index in [2.05, 4.69) is 28.2 Å². The molecule has 3 atom stereocenters. The van der Waals surface area contributed by atoms with Crippen LogP contribution in [0.2, 0.25) is 0 Å². The van der Waals surface area contributed by atoms with E-state index in [0.29, 0.717) is 13.0 Å². The summed E-state index contributed by atoms with van der Waals surface area (Å²) < 4.78 is 6.03. The minimum Gasteiger partial charge on any atom is -0.481 e. The van der Waals surface area contributed by atoms with Crippen molar-refractivity contribution in [3.05, 3.63) is 35.5 Å². The summed E-state index contributed by atoms with van der Waals surface area (Å²) in [6.45, 7) is 0.570. The van der Waals surface area contributed by atoms with Crippen LogP contribution in [0.15, 0.2) is 24.4 Å². The fraction of sp³-hybridized carbons (Fsp3) is 0.471. The third-order valence-electron chi connectivity index (χ3n) is 5.50. The van der Waals surface area contributed by atoms with Crippen molar-refractivity contribution < 1.29 is 14.6 Å². The van der Waals surface area contributed by atoms with E-state index in [0.717, 1.165) is 17.5 Å². The number of aromatic nitrogens is 1. The molecule has 2 aliphatic rings. The summed E-state index contributed by atoms with van der Waals surface area (Å²) >= 11 is 0. The molecule has 1 aromatic heterocycles. The first-order chi connectivity index (χ1) is 10.6. The lowest BCUT2D eigenvalue weighted by Gasteiger charge is -2.52. The number of fused-ring (bicyclic) bond motifs is 2. The van der Waals surface area contributed by atoms with Crippen LogP contribution < -0.4 is 0 Å². The molecule has 5 heteroatoms. The van der Waals surface area contributed by atoms with Gasteiger partial charge < -0.3 is 14.8 Å². The number of carboxylic acid groups (broad SMARTS) is 1. The number of ether oxygens (including phenoxy) is 1. The number of nitrogens with one attached hydrogen (secondary N) is 1. The largest absolute Gasteiger partial charge is 0.481 e. The number of nitrogens with zero attached hydrogens (tertiary/aromatic N) is 1. The van der Waals surface area contributed by atoms with Crippen molar-refractivity contribution in [2.75, 3.05) is 20.7 Å². The zero-order valence-electron chi connectivity index (χ0n) is 12.8. The summed E-state index contributed by atoms with van der Waals surface area (Å²) in [4.78, 5) is 17.1. The van der Waals surface area contributed by atoms with Gasteiger partial charge in [0.25, 0.3) is 0 Å². The number of likely N-dealkylation sites (tertiary alicyclic amines) is 1. The summed E-state index contributed by atoms with van der Waals surface area (Å²) in [7, 11) is 3.72. The molecule has 1 aliphatic carbocycles. The van der Waals surface area contributed by atoms with Crippen molar-refractivity contribution in [1.29, 1.82) is 0 Å². The Labute approximate surface area is 128 Å². The van der Waals surface area contributed by atoms with Crippen LogP contribution in [0.25, 0.3) is 10.9 Å². The first-order valence-corrected chi connectivity index (χ1v) is 7.64. The van der Waals surface area contributed by atoms with E-state index >= 15 is 0 Å². The molecule has 1 saturated heterocycles. The van der Waals surface area contributed by atoms with Crippen LogP contribution in [0, 0.1) is 5.92 Å². The molecule has 2 heterocycles. The molecule has 116 valence electrons. The van der Waals surface area contributed by atoms with Crippen LogP contribution in [0.5, 0.6) is 0 Å². The Morgan fingerprint density at radius 1 is 1.50 bits per heavy atom. The number of aliphatic carboxylic acids is 1. The van der Waals surface area contributed by atoms with Gasteiger partial charge in [0.1, 0.15) is 5.60 Å².